The maximum absolute atomic E-state index is 13.9. The van der Waals surface area contributed by atoms with E-state index in [9.17, 15) is 9.59 Å². The molecule has 5 nitrogen and oxygen atoms in total. The van der Waals surface area contributed by atoms with E-state index in [1.807, 2.05) is 79.7 Å². The van der Waals surface area contributed by atoms with E-state index >= 15 is 0 Å². The van der Waals surface area contributed by atoms with Crippen LogP contribution in [0.1, 0.15) is 54.4 Å². The average molecular weight is 499 g/mol. The number of methoxy groups -OCH3 is 1. The summed E-state index contributed by atoms with van der Waals surface area (Å²) in [5.74, 6) is 0.625. The zero-order valence-corrected chi connectivity index (χ0v) is 22.0. The van der Waals surface area contributed by atoms with Crippen LogP contribution in [0.4, 0.5) is 0 Å². The standard InChI is InChI=1S/C32H38N2O3/c1-24-10-9-13-27(20-24)23-34(31(35)22-26-16-18-29(37-2)19-17-26)30(21-25-11-5-3-6-12-25)32(36)33-28-14-7-4-8-15-28/h3,5-6,9-13,16-20,28,30H,4,7-8,14-15,21-23H2,1-2H3,(H,33,36). The molecule has 0 aromatic heterocycles. The zero-order valence-electron chi connectivity index (χ0n) is 22.0. The van der Waals surface area contributed by atoms with Crippen LogP contribution in [0, 0.1) is 6.92 Å². The molecule has 194 valence electrons. The lowest BCUT2D eigenvalue weighted by atomic mass is 9.94. The van der Waals surface area contributed by atoms with Gasteiger partial charge in [0.05, 0.1) is 13.5 Å². The number of hydrogen-bond donors (Lipinski definition) is 1. The van der Waals surface area contributed by atoms with Crippen LogP contribution in [0.2, 0.25) is 0 Å². The fraction of sp³-hybridized carbons (Fsp3) is 0.375. The summed E-state index contributed by atoms with van der Waals surface area (Å²) in [6.07, 6.45) is 6.19. The van der Waals surface area contributed by atoms with Gasteiger partial charge in [0.15, 0.2) is 0 Å². The molecule has 3 aromatic rings. The minimum atomic E-state index is -0.601. The Morgan fingerprint density at radius 1 is 0.892 bits per heavy atom. The largest absolute Gasteiger partial charge is 0.497 e. The Balaban J connectivity index is 1.64. The Kier molecular flexibility index (Phi) is 9.36. The Labute approximate surface area is 220 Å². The lowest BCUT2D eigenvalue weighted by molar-refractivity contribution is -0.141. The number of benzene rings is 3. The Morgan fingerprint density at radius 2 is 1.59 bits per heavy atom. The van der Waals surface area contributed by atoms with Crippen molar-refractivity contribution in [3.05, 3.63) is 101 Å². The van der Waals surface area contributed by atoms with Gasteiger partial charge in [0.25, 0.3) is 0 Å². The molecule has 1 atom stereocenters. The van der Waals surface area contributed by atoms with E-state index in [-0.39, 0.29) is 24.3 Å². The summed E-state index contributed by atoms with van der Waals surface area (Å²) in [6, 6.07) is 25.3. The average Bonchev–Trinajstić information content (AvgIpc) is 2.92. The molecule has 37 heavy (non-hydrogen) atoms. The summed E-state index contributed by atoms with van der Waals surface area (Å²) in [7, 11) is 1.63. The van der Waals surface area contributed by atoms with E-state index in [1.165, 1.54) is 6.42 Å². The summed E-state index contributed by atoms with van der Waals surface area (Å²) in [6.45, 7) is 2.43. The molecular weight excluding hydrogens is 460 g/mol. The summed E-state index contributed by atoms with van der Waals surface area (Å²) < 4.78 is 5.27. The van der Waals surface area contributed by atoms with Gasteiger partial charge in [0, 0.05) is 19.0 Å². The zero-order chi connectivity index (χ0) is 26.0. The molecule has 1 aliphatic carbocycles. The Hall–Kier alpha value is -3.60. The van der Waals surface area contributed by atoms with Crippen LogP contribution in [0.3, 0.4) is 0 Å². The molecular formula is C32H38N2O3. The third-order valence-corrected chi connectivity index (χ3v) is 7.17. The molecule has 0 radical (unpaired) electrons. The van der Waals surface area contributed by atoms with Gasteiger partial charge in [-0.25, -0.2) is 0 Å². The van der Waals surface area contributed by atoms with Crippen molar-refractivity contribution < 1.29 is 14.3 Å². The van der Waals surface area contributed by atoms with Gasteiger partial charge in [0.1, 0.15) is 11.8 Å². The number of aryl methyl sites for hydroxylation is 1. The third-order valence-electron chi connectivity index (χ3n) is 7.17. The molecule has 5 heteroatoms. The highest BCUT2D eigenvalue weighted by atomic mass is 16.5. The first-order valence-corrected chi connectivity index (χ1v) is 13.3. The highest BCUT2D eigenvalue weighted by Crippen LogP contribution is 2.21. The number of ether oxygens (including phenoxy) is 1. The number of nitrogens with one attached hydrogen (secondary N) is 1. The molecule has 0 heterocycles. The van der Waals surface area contributed by atoms with Crippen molar-refractivity contribution in [3.63, 3.8) is 0 Å². The number of carbonyl (C=O) groups is 2. The van der Waals surface area contributed by atoms with Gasteiger partial charge in [-0.15, -0.1) is 0 Å². The highest BCUT2D eigenvalue weighted by molar-refractivity contribution is 5.89. The van der Waals surface area contributed by atoms with E-state index in [1.54, 1.807) is 12.0 Å². The van der Waals surface area contributed by atoms with Crippen molar-refractivity contribution in [1.29, 1.82) is 0 Å². The maximum Gasteiger partial charge on any atom is 0.243 e. The van der Waals surface area contributed by atoms with Crippen molar-refractivity contribution in [3.8, 4) is 5.75 Å². The molecule has 2 amide bonds. The van der Waals surface area contributed by atoms with Crippen LogP contribution >= 0.6 is 0 Å². The molecule has 1 fully saturated rings. The molecule has 0 aliphatic heterocycles. The van der Waals surface area contributed by atoms with Gasteiger partial charge in [-0.05, 0) is 48.6 Å². The van der Waals surface area contributed by atoms with E-state index < -0.39 is 6.04 Å². The molecule has 1 saturated carbocycles. The van der Waals surface area contributed by atoms with Crippen LogP contribution in [0.25, 0.3) is 0 Å². The van der Waals surface area contributed by atoms with Crippen molar-refractivity contribution >= 4 is 11.8 Å². The summed E-state index contributed by atoms with van der Waals surface area (Å²) in [4.78, 5) is 29.5. The molecule has 3 aromatic carbocycles. The summed E-state index contributed by atoms with van der Waals surface area (Å²) >= 11 is 0. The number of nitrogens with zero attached hydrogens (tertiary/aromatic N) is 1. The molecule has 0 spiro atoms. The third kappa shape index (κ3) is 7.69. The number of rotatable bonds is 10. The maximum atomic E-state index is 13.9. The van der Waals surface area contributed by atoms with E-state index in [2.05, 4.69) is 11.4 Å². The van der Waals surface area contributed by atoms with Crippen LogP contribution in [0.15, 0.2) is 78.9 Å². The minimum absolute atomic E-state index is 0.0634. The smallest absolute Gasteiger partial charge is 0.243 e. The van der Waals surface area contributed by atoms with E-state index in [0.717, 1.165) is 53.7 Å². The lowest BCUT2D eigenvalue weighted by Crippen LogP contribution is -2.53. The fourth-order valence-electron chi connectivity index (χ4n) is 5.13. The van der Waals surface area contributed by atoms with Crippen LogP contribution < -0.4 is 10.1 Å². The van der Waals surface area contributed by atoms with Gasteiger partial charge in [0.2, 0.25) is 11.8 Å². The fourth-order valence-corrected chi connectivity index (χ4v) is 5.13. The second-order valence-corrected chi connectivity index (χ2v) is 10.1. The van der Waals surface area contributed by atoms with Crippen molar-refractivity contribution in [2.75, 3.05) is 7.11 Å². The van der Waals surface area contributed by atoms with Gasteiger partial charge in [-0.1, -0.05) is 91.6 Å². The second kappa shape index (κ2) is 13.1. The van der Waals surface area contributed by atoms with E-state index in [0.29, 0.717) is 13.0 Å². The van der Waals surface area contributed by atoms with Gasteiger partial charge < -0.3 is 15.0 Å². The Bertz CT molecular complexity index is 1150. The number of amides is 2. The summed E-state index contributed by atoms with van der Waals surface area (Å²) in [5, 5.41) is 3.30. The van der Waals surface area contributed by atoms with E-state index in [4.69, 9.17) is 4.74 Å². The first-order valence-electron chi connectivity index (χ1n) is 13.3. The van der Waals surface area contributed by atoms with Crippen LogP contribution in [-0.2, 0) is 29.0 Å². The van der Waals surface area contributed by atoms with Gasteiger partial charge >= 0.3 is 0 Å². The first kappa shape index (κ1) is 26.5. The predicted octanol–water partition coefficient (Wildman–Crippen LogP) is 5.64. The van der Waals surface area contributed by atoms with Gasteiger partial charge in [-0.3, -0.25) is 9.59 Å². The van der Waals surface area contributed by atoms with Gasteiger partial charge in [-0.2, -0.15) is 0 Å². The molecule has 1 unspecified atom stereocenters. The highest BCUT2D eigenvalue weighted by Gasteiger charge is 2.32. The van der Waals surface area contributed by atoms with Crippen molar-refractivity contribution in [1.82, 2.24) is 10.2 Å². The lowest BCUT2D eigenvalue weighted by Gasteiger charge is -2.33. The first-order chi connectivity index (χ1) is 18.0. The molecule has 0 bridgehead atoms. The number of hydrogen-bond acceptors (Lipinski definition) is 3. The molecule has 1 N–H and O–H groups in total. The monoisotopic (exact) mass is 498 g/mol. The van der Waals surface area contributed by atoms with Crippen molar-refractivity contribution in [2.24, 2.45) is 0 Å². The molecule has 1 aliphatic rings. The second-order valence-electron chi connectivity index (χ2n) is 10.1. The minimum Gasteiger partial charge on any atom is -0.497 e. The van der Waals surface area contributed by atoms with Crippen molar-refractivity contribution in [2.45, 2.75) is 70.5 Å². The predicted molar refractivity (Wildman–Crippen MR) is 147 cm³/mol. The molecule has 0 saturated heterocycles. The summed E-state index contributed by atoms with van der Waals surface area (Å²) in [5.41, 5.74) is 4.09. The quantitative estimate of drug-likeness (QED) is 0.394. The number of carbonyl (C=O) groups excluding carboxylic acids is 2. The SMILES string of the molecule is COc1ccc(CC(=O)N(Cc2cccc(C)c2)C(Cc2ccccc2)C(=O)NC2CCCCC2)cc1. The molecule has 4 rings (SSSR count). The normalized spacial score (nSPS) is 14.5. The van der Waals surface area contributed by atoms with Crippen LogP contribution in [-0.4, -0.2) is 35.9 Å². The Morgan fingerprint density at radius 3 is 2.27 bits per heavy atom. The van der Waals surface area contributed by atoms with Crippen LogP contribution in [0.5, 0.6) is 5.75 Å². The topological polar surface area (TPSA) is 58.6 Å².